The highest BCUT2D eigenvalue weighted by Crippen LogP contribution is 2.30. The molecule has 3 nitrogen and oxygen atoms in total. The van der Waals surface area contributed by atoms with E-state index in [1.807, 2.05) is 18.7 Å². The molecule has 1 saturated carbocycles. The number of likely N-dealkylation sites (N-methyl/N-ethyl adjacent to an activating group) is 1. The molecule has 0 spiro atoms. The lowest BCUT2D eigenvalue weighted by Crippen LogP contribution is -2.37. The van der Waals surface area contributed by atoms with Crippen LogP contribution in [0, 0.1) is 11.8 Å². The Morgan fingerprint density at radius 3 is 2.41 bits per heavy atom. The van der Waals surface area contributed by atoms with Crippen LogP contribution >= 0.6 is 0 Å². The van der Waals surface area contributed by atoms with Gasteiger partial charge in [-0.15, -0.1) is 0 Å². The van der Waals surface area contributed by atoms with Crippen molar-refractivity contribution in [2.24, 2.45) is 11.8 Å². The third-order valence-electron chi connectivity index (χ3n) is 3.89. The number of amides is 1. The highest BCUT2D eigenvalue weighted by molar-refractivity contribution is 5.77. The van der Waals surface area contributed by atoms with Crippen LogP contribution in [-0.2, 0) is 9.53 Å². The Morgan fingerprint density at radius 2 is 1.88 bits per heavy atom. The number of carbonyl (C=O) groups excluding carboxylic acids is 1. The Morgan fingerprint density at radius 1 is 1.24 bits per heavy atom. The summed E-state index contributed by atoms with van der Waals surface area (Å²) in [6, 6.07) is 0. The third kappa shape index (κ3) is 4.30. The second kappa shape index (κ2) is 7.00. The summed E-state index contributed by atoms with van der Waals surface area (Å²) < 4.78 is 5.80. The molecule has 100 valence electrons. The smallest absolute Gasteiger partial charge is 0.248 e. The molecule has 0 radical (unpaired) electrons. The number of ether oxygens (including phenoxy) is 1. The van der Waals surface area contributed by atoms with Gasteiger partial charge in [0.2, 0.25) is 5.91 Å². The maximum atomic E-state index is 11.8. The van der Waals surface area contributed by atoms with Crippen molar-refractivity contribution in [2.45, 2.75) is 53.1 Å². The fourth-order valence-corrected chi connectivity index (χ4v) is 2.73. The van der Waals surface area contributed by atoms with E-state index in [1.54, 1.807) is 0 Å². The van der Waals surface area contributed by atoms with Crippen molar-refractivity contribution in [3.63, 3.8) is 0 Å². The van der Waals surface area contributed by atoms with Gasteiger partial charge in [-0.1, -0.05) is 13.8 Å². The molecule has 0 heterocycles. The molecular weight excluding hydrogens is 214 g/mol. The lowest BCUT2D eigenvalue weighted by atomic mass is 9.81. The molecule has 0 N–H and O–H groups in total. The van der Waals surface area contributed by atoms with E-state index in [2.05, 4.69) is 13.8 Å². The van der Waals surface area contributed by atoms with Gasteiger partial charge < -0.3 is 9.64 Å². The maximum absolute atomic E-state index is 11.8. The second-order valence-corrected chi connectivity index (χ2v) is 5.31. The summed E-state index contributed by atoms with van der Waals surface area (Å²) in [6.45, 7) is 10.4. The molecule has 1 fully saturated rings. The second-order valence-electron chi connectivity index (χ2n) is 5.31. The molecule has 1 rings (SSSR count). The molecule has 17 heavy (non-hydrogen) atoms. The van der Waals surface area contributed by atoms with Gasteiger partial charge in [0.05, 0.1) is 6.10 Å². The number of nitrogens with zero attached hydrogens (tertiary/aromatic N) is 1. The molecular formula is C14H27NO2. The largest absolute Gasteiger partial charge is 0.368 e. The van der Waals surface area contributed by atoms with Crippen molar-refractivity contribution in [2.75, 3.05) is 19.7 Å². The fourth-order valence-electron chi connectivity index (χ4n) is 2.73. The van der Waals surface area contributed by atoms with Gasteiger partial charge >= 0.3 is 0 Å². The number of rotatable bonds is 5. The Bertz CT molecular complexity index is 238. The predicted octanol–water partition coefficient (Wildman–Crippen LogP) is 2.70. The van der Waals surface area contributed by atoms with Crippen LogP contribution in [0.25, 0.3) is 0 Å². The molecule has 1 aliphatic rings. The molecule has 1 amide bonds. The maximum Gasteiger partial charge on any atom is 0.248 e. The average molecular weight is 241 g/mol. The first-order valence-corrected chi connectivity index (χ1v) is 6.97. The van der Waals surface area contributed by atoms with Gasteiger partial charge in [-0.2, -0.15) is 0 Å². The van der Waals surface area contributed by atoms with Gasteiger partial charge in [0.25, 0.3) is 0 Å². The Balaban J connectivity index is 2.32. The van der Waals surface area contributed by atoms with Gasteiger partial charge in [-0.3, -0.25) is 4.79 Å². The van der Waals surface area contributed by atoms with Crippen LogP contribution in [-0.4, -0.2) is 36.6 Å². The standard InChI is InChI=1S/C14H27NO2/c1-5-15(6-2)14(16)10-17-13-8-7-11(3)9-12(13)4/h11-13H,5-10H2,1-4H3. The summed E-state index contributed by atoms with van der Waals surface area (Å²) >= 11 is 0. The van der Waals surface area contributed by atoms with Crippen LogP contribution in [0.15, 0.2) is 0 Å². The zero-order chi connectivity index (χ0) is 12.8. The monoisotopic (exact) mass is 241 g/mol. The van der Waals surface area contributed by atoms with Gasteiger partial charge in [-0.25, -0.2) is 0 Å². The Hall–Kier alpha value is -0.570. The van der Waals surface area contributed by atoms with E-state index in [9.17, 15) is 4.79 Å². The average Bonchev–Trinajstić information content (AvgIpc) is 2.29. The Kier molecular flexibility index (Phi) is 5.96. The van der Waals surface area contributed by atoms with Crippen molar-refractivity contribution in [3.8, 4) is 0 Å². The van der Waals surface area contributed by atoms with Crippen LogP contribution in [0.2, 0.25) is 0 Å². The number of hydrogen-bond donors (Lipinski definition) is 0. The molecule has 1 aliphatic carbocycles. The first-order valence-electron chi connectivity index (χ1n) is 6.97. The predicted molar refractivity (Wildman–Crippen MR) is 69.8 cm³/mol. The topological polar surface area (TPSA) is 29.5 Å². The van der Waals surface area contributed by atoms with Gasteiger partial charge in [0.15, 0.2) is 0 Å². The van der Waals surface area contributed by atoms with Crippen molar-refractivity contribution in [1.82, 2.24) is 4.90 Å². The molecule has 0 aromatic carbocycles. The molecule has 0 bridgehead atoms. The fraction of sp³-hybridized carbons (Fsp3) is 0.929. The molecule has 3 unspecified atom stereocenters. The van der Waals surface area contributed by atoms with Crippen LogP contribution < -0.4 is 0 Å². The first kappa shape index (κ1) is 14.5. The van der Waals surface area contributed by atoms with Crippen LogP contribution in [0.4, 0.5) is 0 Å². The minimum absolute atomic E-state index is 0.126. The highest BCUT2D eigenvalue weighted by Gasteiger charge is 2.26. The zero-order valence-corrected chi connectivity index (χ0v) is 11.7. The quantitative estimate of drug-likeness (QED) is 0.740. The minimum Gasteiger partial charge on any atom is -0.368 e. The molecule has 0 saturated heterocycles. The summed E-state index contributed by atoms with van der Waals surface area (Å²) in [4.78, 5) is 13.6. The summed E-state index contributed by atoms with van der Waals surface area (Å²) in [7, 11) is 0. The van der Waals surface area contributed by atoms with E-state index < -0.39 is 0 Å². The number of carbonyl (C=O) groups is 1. The van der Waals surface area contributed by atoms with E-state index in [1.165, 1.54) is 12.8 Å². The van der Waals surface area contributed by atoms with Gasteiger partial charge in [0, 0.05) is 13.1 Å². The molecule has 3 heteroatoms. The lowest BCUT2D eigenvalue weighted by Gasteiger charge is -2.32. The number of hydrogen-bond acceptors (Lipinski definition) is 2. The van der Waals surface area contributed by atoms with E-state index >= 15 is 0 Å². The zero-order valence-electron chi connectivity index (χ0n) is 11.7. The summed E-state index contributed by atoms with van der Waals surface area (Å²) in [6.07, 6.45) is 3.85. The lowest BCUT2D eigenvalue weighted by molar-refractivity contribution is -0.140. The molecule has 0 aromatic heterocycles. The van der Waals surface area contributed by atoms with Crippen molar-refractivity contribution >= 4 is 5.91 Å². The molecule has 0 aromatic rings. The first-order chi connectivity index (χ1) is 8.08. The van der Waals surface area contributed by atoms with Gasteiger partial charge in [-0.05, 0) is 44.9 Å². The summed E-state index contributed by atoms with van der Waals surface area (Å²) in [5, 5.41) is 0. The highest BCUT2D eigenvalue weighted by atomic mass is 16.5. The van der Waals surface area contributed by atoms with Crippen molar-refractivity contribution in [3.05, 3.63) is 0 Å². The minimum atomic E-state index is 0.126. The van der Waals surface area contributed by atoms with E-state index in [0.717, 1.165) is 25.4 Å². The van der Waals surface area contributed by atoms with Crippen molar-refractivity contribution < 1.29 is 9.53 Å². The van der Waals surface area contributed by atoms with Crippen LogP contribution in [0.3, 0.4) is 0 Å². The van der Waals surface area contributed by atoms with Crippen LogP contribution in [0.1, 0.15) is 47.0 Å². The Labute approximate surface area is 106 Å². The molecule has 0 aliphatic heterocycles. The van der Waals surface area contributed by atoms with Crippen molar-refractivity contribution in [1.29, 1.82) is 0 Å². The van der Waals surface area contributed by atoms with Gasteiger partial charge in [0.1, 0.15) is 6.61 Å². The summed E-state index contributed by atoms with van der Waals surface area (Å²) in [5.41, 5.74) is 0. The normalized spacial score (nSPS) is 29.1. The SMILES string of the molecule is CCN(CC)C(=O)COC1CCC(C)CC1C. The summed E-state index contributed by atoms with van der Waals surface area (Å²) in [5.74, 6) is 1.52. The van der Waals surface area contributed by atoms with E-state index in [0.29, 0.717) is 5.92 Å². The third-order valence-corrected chi connectivity index (χ3v) is 3.89. The molecule has 3 atom stereocenters. The van der Waals surface area contributed by atoms with Crippen LogP contribution in [0.5, 0.6) is 0 Å². The van der Waals surface area contributed by atoms with E-state index in [4.69, 9.17) is 4.74 Å². The van der Waals surface area contributed by atoms with E-state index in [-0.39, 0.29) is 18.6 Å².